The highest BCUT2D eigenvalue weighted by Gasteiger charge is 2.18. The van der Waals surface area contributed by atoms with Crippen molar-refractivity contribution in [1.29, 1.82) is 0 Å². The summed E-state index contributed by atoms with van der Waals surface area (Å²) in [5.74, 6) is 0.00559. The Balaban J connectivity index is 1.95. The number of hydrogen-bond acceptors (Lipinski definition) is 5. The van der Waals surface area contributed by atoms with E-state index in [1.165, 1.54) is 0 Å². The van der Waals surface area contributed by atoms with Gasteiger partial charge in [0.15, 0.2) is 11.9 Å². The maximum Gasteiger partial charge on any atom is 0.332 e. The number of aliphatic hydroxyl groups is 1. The lowest BCUT2D eigenvalue weighted by molar-refractivity contribution is -0.146. The van der Waals surface area contributed by atoms with Gasteiger partial charge in [-0.2, -0.15) is 0 Å². The summed E-state index contributed by atoms with van der Waals surface area (Å²) in [6.45, 7) is 3.98. The average Bonchev–Trinajstić information content (AvgIpc) is 2.76. The summed E-state index contributed by atoms with van der Waals surface area (Å²) in [6, 6.07) is 10.7. The number of aliphatic hydroxyl groups excluding tert-OH is 1. The molecule has 1 heterocycles. The van der Waals surface area contributed by atoms with Crippen LogP contribution in [-0.2, 0) is 11.2 Å². The number of rotatable bonds is 8. The second-order valence-corrected chi connectivity index (χ2v) is 9.48. The zero-order chi connectivity index (χ0) is 24.1. The van der Waals surface area contributed by atoms with Crippen molar-refractivity contribution in [2.24, 2.45) is 0 Å². The zero-order valence-electron chi connectivity index (χ0n) is 18.0. The van der Waals surface area contributed by atoms with E-state index >= 15 is 0 Å². The highest BCUT2D eigenvalue weighted by atomic mass is 79.9. The minimum absolute atomic E-state index is 0.0343. The fraction of sp³-hybridized carbons (Fsp3) is 0.200. The Bertz CT molecular complexity index is 1160. The molecular weight excluding hydrogens is 554 g/mol. The predicted molar refractivity (Wildman–Crippen MR) is 135 cm³/mol. The van der Waals surface area contributed by atoms with Gasteiger partial charge in [-0.15, -0.1) is 0 Å². The van der Waals surface area contributed by atoms with Crippen molar-refractivity contribution in [2.75, 3.05) is 0 Å². The molecule has 6 nitrogen and oxygen atoms in total. The normalized spacial score (nSPS) is 12.3. The number of pyridine rings is 1. The fourth-order valence-electron chi connectivity index (χ4n) is 3.19. The molecule has 3 rings (SSSR count). The molecule has 0 bridgehead atoms. The number of aliphatic carboxylic acids is 1. The number of carbonyl (C=O) groups is 1. The molecule has 0 radical (unpaired) electrons. The van der Waals surface area contributed by atoms with Gasteiger partial charge in [-0.3, -0.25) is 4.98 Å². The van der Waals surface area contributed by atoms with E-state index in [9.17, 15) is 15.0 Å². The summed E-state index contributed by atoms with van der Waals surface area (Å²) in [5, 5.41) is 29.4. The number of aromatic hydroxyl groups is 1. The van der Waals surface area contributed by atoms with Crippen molar-refractivity contribution >= 4 is 50.0 Å². The first kappa shape index (κ1) is 25.0. The van der Waals surface area contributed by atoms with E-state index in [0.29, 0.717) is 31.6 Å². The van der Waals surface area contributed by atoms with Crippen LogP contribution in [0.25, 0.3) is 12.2 Å². The number of ether oxygens (including phenoxy) is 1. The van der Waals surface area contributed by atoms with E-state index in [0.717, 1.165) is 11.1 Å². The van der Waals surface area contributed by atoms with Crippen LogP contribution in [0.1, 0.15) is 42.0 Å². The summed E-state index contributed by atoms with van der Waals surface area (Å²) >= 11 is 6.94. The maximum absolute atomic E-state index is 10.9. The largest absolute Gasteiger partial charge is 0.507 e. The molecule has 0 amide bonds. The van der Waals surface area contributed by atoms with Crippen molar-refractivity contribution in [3.05, 3.63) is 80.0 Å². The van der Waals surface area contributed by atoms with Crippen LogP contribution in [-0.4, -0.2) is 32.4 Å². The van der Waals surface area contributed by atoms with Gasteiger partial charge in [0.2, 0.25) is 0 Å². The molecule has 0 aliphatic carbocycles. The number of phenols is 1. The monoisotopic (exact) mass is 575 g/mol. The van der Waals surface area contributed by atoms with Crippen LogP contribution in [0.2, 0.25) is 0 Å². The lowest BCUT2D eigenvalue weighted by Gasteiger charge is -2.17. The van der Waals surface area contributed by atoms with Gasteiger partial charge in [-0.05, 0) is 85.3 Å². The number of carboxylic acid groups (broad SMARTS) is 1. The summed E-state index contributed by atoms with van der Waals surface area (Å²) in [4.78, 5) is 15.0. The first-order chi connectivity index (χ1) is 15.7. The Morgan fingerprint density at radius 3 is 2.30 bits per heavy atom. The lowest BCUT2D eigenvalue weighted by Crippen LogP contribution is -2.21. The summed E-state index contributed by atoms with van der Waals surface area (Å²) < 4.78 is 7.35. The molecule has 172 valence electrons. The van der Waals surface area contributed by atoms with Gasteiger partial charge in [0.1, 0.15) is 11.5 Å². The fourth-order valence-corrected chi connectivity index (χ4v) is 4.64. The minimum atomic E-state index is -1.49. The topological polar surface area (TPSA) is 99.9 Å². The van der Waals surface area contributed by atoms with Crippen molar-refractivity contribution in [1.82, 2.24) is 4.98 Å². The number of hydrogen-bond donors (Lipinski definition) is 3. The quantitative estimate of drug-likeness (QED) is 0.287. The molecule has 0 saturated heterocycles. The SMILES string of the molecule is CC(C)c1cc(Oc2c(Br)cc(CC(O)C(=O)O)cc2Br)cc(/C=C/c2ccncc2)c1O. The van der Waals surface area contributed by atoms with E-state index in [1.807, 2.05) is 38.1 Å². The molecule has 0 aliphatic heterocycles. The molecule has 0 spiro atoms. The number of aromatic nitrogens is 1. The number of phenolic OH excluding ortho intramolecular Hbond substituents is 1. The zero-order valence-corrected chi connectivity index (χ0v) is 21.2. The Morgan fingerprint density at radius 2 is 1.73 bits per heavy atom. The van der Waals surface area contributed by atoms with Crippen molar-refractivity contribution in [3.8, 4) is 17.2 Å². The first-order valence-corrected chi connectivity index (χ1v) is 11.8. The third-order valence-electron chi connectivity index (χ3n) is 4.92. The molecule has 33 heavy (non-hydrogen) atoms. The Labute approximate surface area is 208 Å². The van der Waals surface area contributed by atoms with Crippen LogP contribution in [0.3, 0.4) is 0 Å². The van der Waals surface area contributed by atoms with Gasteiger partial charge in [0, 0.05) is 29.9 Å². The number of halogens is 2. The molecule has 0 aliphatic rings. The number of carboxylic acids is 1. The maximum atomic E-state index is 10.9. The van der Waals surface area contributed by atoms with Crippen LogP contribution in [0.4, 0.5) is 0 Å². The standard InChI is InChI=1S/C25H23Br2NO5/c1-14(2)19-13-18(12-17(23(19)30)4-3-15-5-7-28-8-6-15)33-24-20(26)9-16(10-21(24)27)11-22(29)25(31)32/h3-10,12-14,22,29-30H,11H2,1-2H3,(H,31,32)/b4-3+. The van der Waals surface area contributed by atoms with Crippen LogP contribution >= 0.6 is 31.9 Å². The van der Waals surface area contributed by atoms with Gasteiger partial charge in [-0.25, -0.2) is 4.79 Å². The highest BCUT2D eigenvalue weighted by molar-refractivity contribution is 9.11. The third-order valence-corrected chi connectivity index (χ3v) is 6.10. The summed E-state index contributed by atoms with van der Waals surface area (Å²) in [5.41, 5.74) is 2.94. The van der Waals surface area contributed by atoms with E-state index in [1.54, 1.807) is 36.7 Å². The highest BCUT2D eigenvalue weighted by Crippen LogP contribution is 2.41. The smallest absolute Gasteiger partial charge is 0.332 e. The second-order valence-electron chi connectivity index (χ2n) is 7.77. The molecule has 1 atom stereocenters. The number of benzene rings is 2. The molecule has 3 aromatic rings. The van der Waals surface area contributed by atoms with Crippen LogP contribution in [0, 0.1) is 0 Å². The Morgan fingerprint density at radius 1 is 1.09 bits per heavy atom. The van der Waals surface area contributed by atoms with Gasteiger partial charge >= 0.3 is 5.97 Å². The number of nitrogens with zero attached hydrogens (tertiary/aromatic N) is 1. The van der Waals surface area contributed by atoms with E-state index in [-0.39, 0.29) is 18.1 Å². The van der Waals surface area contributed by atoms with Crippen molar-refractivity contribution < 1.29 is 24.9 Å². The van der Waals surface area contributed by atoms with Crippen LogP contribution in [0.5, 0.6) is 17.2 Å². The van der Waals surface area contributed by atoms with E-state index in [2.05, 4.69) is 36.8 Å². The molecule has 0 saturated carbocycles. The molecule has 1 aromatic heterocycles. The summed E-state index contributed by atoms with van der Waals surface area (Å²) in [7, 11) is 0. The molecule has 0 fully saturated rings. The average molecular weight is 577 g/mol. The predicted octanol–water partition coefficient (Wildman–Crippen LogP) is 6.39. The van der Waals surface area contributed by atoms with Gasteiger partial charge < -0.3 is 20.1 Å². The van der Waals surface area contributed by atoms with E-state index in [4.69, 9.17) is 9.84 Å². The molecule has 1 unspecified atom stereocenters. The molecule has 2 aromatic carbocycles. The van der Waals surface area contributed by atoms with Crippen molar-refractivity contribution in [3.63, 3.8) is 0 Å². The van der Waals surface area contributed by atoms with E-state index < -0.39 is 12.1 Å². The van der Waals surface area contributed by atoms with Crippen LogP contribution in [0.15, 0.2) is 57.7 Å². The Kier molecular flexibility index (Phi) is 8.29. The molecule has 3 N–H and O–H groups in total. The second kappa shape index (κ2) is 11.0. The molecule has 8 heteroatoms. The van der Waals surface area contributed by atoms with Gasteiger partial charge in [0.05, 0.1) is 8.95 Å². The summed E-state index contributed by atoms with van der Waals surface area (Å²) in [6.07, 6.45) is 5.59. The van der Waals surface area contributed by atoms with Crippen molar-refractivity contribution in [2.45, 2.75) is 32.3 Å². The Hall–Kier alpha value is -2.68. The third kappa shape index (κ3) is 6.43. The van der Waals surface area contributed by atoms with Crippen LogP contribution < -0.4 is 4.74 Å². The van der Waals surface area contributed by atoms with Gasteiger partial charge in [0.25, 0.3) is 0 Å². The lowest BCUT2D eigenvalue weighted by atomic mass is 9.98. The first-order valence-electron chi connectivity index (χ1n) is 10.2. The van der Waals surface area contributed by atoms with Gasteiger partial charge in [-0.1, -0.05) is 26.0 Å². The molecular formula is C25H23Br2NO5. The minimum Gasteiger partial charge on any atom is -0.507 e.